The molecule has 0 aliphatic heterocycles. The van der Waals surface area contributed by atoms with Crippen LogP contribution in [0.5, 0.6) is 0 Å². The molecule has 0 radical (unpaired) electrons. The maximum absolute atomic E-state index is 8.69. The minimum atomic E-state index is 0.454. The van der Waals surface area contributed by atoms with Crippen molar-refractivity contribution >= 4 is 28.9 Å². The van der Waals surface area contributed by atoms with Crippen molar-refractivity contribution in [3.63, 3.8) is 0 Å². The molecule has 0 atom stereocenters. The summed E-state index contributed by atoms with van der Waals surface area (Å²) in [6.45, 7) is 0. The average molecular weight is 201 g/mol. The van der Waals surface area contributed by atoms with Crippen molar-refractivity contribution in [1.82, 2.24) is 0 Å². The molecule has 1 rings (SSSR count). The molecule has 0 heterocycles. The lowest BCUT2D eigenvalue weighted by molar-refractivity contribution is 1.44. The van der Waals surface area contributed by atoms with Crippen molar-refractivity contribution in [3.05, 3.63) is 27.7 Å². The fraction of sp³-hybridized carbons (Fsp3) is 0.125. The van der Waals surface area contributed by atoms with Gasteiger partial charge in [0, 0.05) is 12.1 Å². The summed E-state index contributed by atoms with van der Waals surface area (Å²) >= 11 is 11.5. The number of nitriles is 1. The van der Waals surface area contributed by atoms with Crippen LogP contribution in [0.1, 0.15) is 5.56 Å². The standard InChI is InChI=1S/C8H6Cl2N2/c1-12-8-5(4-11)2-6(9)3-7(8)10/h2-3,12H,1H3. The van der Waals surface area contributed by atoms with Crippen molar-refractivity contribution in [2.75, 3.05) is 12.4 Å². The summed E-state index contributed by atoms with van der Waals surface area (Å²) < 4.78 is 0. The SMILES string of the molecule is CNc1c(Cl)cc(Cl)cc1C#N. The molecule has 0 spiro atoms. The molecule has 0 saturated carbocycles. The van der Waals surface area contributed by atoms with Crippen LogP contribution in [0.25, 0.3) is 0 Å². The van der Waals surface area contributed by atoms with E-state index in [2.05, 4.69) is 5.32 Å². The Morgan fingerprint density at radius 3 is 2.58 bits per heavy atom. The highest BCUT2D eigenvalue weighted by molar-refractivity contribution is 6.36. The van der Waals surface area contributed by atoms with Gasteiger partial charge >= 0.3 is 0 Å². The van der Waals surface area contributed by atoms with Crippen molar-refractivity contribution in [2.45, 2.75) is 0 Å². The van der Waals surface area contributed by atoms with Gasteiger partial charge in [-0.3, -0.25) is 0 Å². The fourth-order valence-corrected chi connectivity index (χ4v) is 1.50. The average Bonchev–Trinajstić information content (AvgIpc) is 2.03. The summed E-state index contributed by atoms with van der Waals surface area (Å²) in [5.74, 6) is 0. The highest BCUT2D eigenvalue weighted by atomic mass is 35.5. The van der Waals surface area contributed by atoms with Crippen LogP contribution in [0.15, 0.2) is 12.1 Å². The van der Waals surface area contributed by atoms with Gasteiger partial charge in [-0.15, -0.1) is 0 Å². The van der Waals surface area contributed by atoms with Crippen LogP contribution in [-0.2, 0) is 0 Å². The number of halogens is 2. The Labute approximate surface area is 80.7 Å². The van der Waals surface area contributed by atoms with Crippen molar-refractivity contribution in [1.29, 1.82) is 5.26 Å². The zero-order chi connectivity index (χ0) is 9.14. The predicted octanol–water partition coefficient (Wildman–Crippen LogP) is 2.91. The zero-order valence-electron chi connectivity index (χ0n) is 6.36. The molecule has 0 bridgehead atoms. The number of hydrogen-bond acceptors (Lipinski definition) is 2. The topological polar surface area (TPSA) is 35.8 Å². The Morgan fingerprint density at radius 1 is 1.42 bits per heavy atom. The number of anilines is 1. The first-order valence-corrected chi connectivity index (χ1v) is 4.01. The minimum Gasteiger partial charge on any atom is -0.386 e. The van der Waals surface area contributed by atoms with Gasteiger partial charge in [-0.1, -0.05) is 23.2 Å². The van der Waals surface area contributed by atoms with E-state index in [1.165, 1.54) is 0 Å². The van der Waals surface area contributed by atoms with Gasteiger partial charge in [0.05, 0.1) is 16.3 Å². The number of benzene rings is 1. The molecule has 2 nitrogen and oxygen atoms in total. The van der Waals surface area contributed by atoms with Crippen LogP contribution in [0, 0.1) is 11.3 Å². The Hall–Kier alpha value is -0.910. The summed E-state index contributed by atoms with van der Waals surface area (Å²) in [6.07, 6.45) is 0. The van der Waals surface area contributed by atoms with E-state index >= 15 is 0 Å². The van der Waals surface area contributed by atoms with Crippen molar-refractivity contribution in [3.8, 4) is 6.07 Å². The van der Waals surface area contributed by atoms with Gasteiger partial charge in [0.15, 0.2) is 0 Å². The van der Waals surface area contributed by atoms with E-state index in [1.54, 1.807) is 19.2 Å². The van der Waals surface area contributed by atoms with Crippen molar-refractivity contribution < 1.29 is 0 Å². The van der Waals surface area contributed by atoms with Crippen LogP contribution in [0.3, 0.4) is 0 Å². The molecule has 1 aromatic carbocycles. The van der Waals surface area contributed by atoms with E-state index in [0.29, 0.717) is 21.3 Å². The van der Waals surface area contributed by atoms with Gasteiger partial charge in [-0.2, -0.15) is 5.26 Å². The molecule has 62 valence electrons. The van der Waals surface area contributed by atoms with Gasteiger partial charge < -0.3 is 5.32 Å². The van der Waals surface area contributed by atoms with Gasteiger partial charge in [-0.25, -0.2) is 0 Å². The quantitative estimate of drug-likeness (QED) is 0.758. The van der Waals surface area contributed by atoms with Gasteiger partial charge in [0.25, 0.3) is 0 Å². The third-order valence-electron chi connectivity index (χ3n) is 1.43. The maximum atomic E-state index is 8.69. The van der Waals surface area contributed by atoms with Crippen LogP contribution in [0.4, 0.5) is 5.69 Å². The lowest BCUT2D eigenvalue weighted by Crippen LogP contribution is -1.93. The molecule has 4 heteroatoms. The third kappa shape index (κ3) is 1.63. The first-order chi connectivity index (χ1) is 5.69. The van der Waals surface area contributed by atoms with Gasteiger partial charge in [-0.05, 0) is 12.1 Å². The first kappa shape index (κ1) is 9.18. The summed E-state index contributed by atoms with van der Waals surface area (Å²) in [5.41, 5.74) is 1.07. The van der Waals surface area contributed by atoms with Crippen molar-refractivity contribution in [2.24, 2.45) is 0 Å². The summed E-state index contributed by atoms with van der Waals surface area (Å²) in [6, 6.07) is 5.16. The molecule has 12 heavy (non-hydrogen) atoms. The lowest BCUT2D eigenvalue weighted by atomic mass is 10.2. The molecular formula is C8H6Cl2N2. The Balaban J connectivity index is 3.36. The molecule has 0 aromatic heterocycles. The summed E-state index contributed by atoms with van der Waals surface area (Å²) in [7, 11) is 1.70. The smallest absolute Gasteiger partial charge is 0.101 e. The van der Waals surface area contributed by atoms with E-state index in [0.717, 1.165) is 0 Å². The molecule has 0 unspecified atom stereocenters. The molecule has 0 aliphatic carbocycles. The third-order valence-corrected chi connectivity index (χ3v) is 1.94. The summed E-state index contributed by atoms with van der Waals surface area (Å²) in [5, 5.41) is 12.4. The van der Waals surface area contributed by atoms with E-state index in [1.807, 2.05) is 6.07 Å². The lowest BCUT2D eigenvalue weighted by Gasteiger charge is -2.05. The van der Waals surface area contributed by atoms with E-state index < -0.39 is 0 Å². The summed E-state index contributed by atoms with van der Waals surface area (Å²) in [4.78, 5) is 0. The van der Waals surface area contributed by atoms with E-state index in [4.69, 9.17) is 28.5 Å². The number of nitrogens with one attached hydrogen (secondary N) is 1. The maximum Gasteiger partial charge on any atom is 0.101 e. The van der Waals surface area contributed by atoms with Crippen LogP contribution in [-0.4, -0.2) is 7.05 Å². The molecule has 0 aliphatic rings. The number of nitrogens with zero attached hydrogens (tertiary/aromatic N) is 1. The number of rotatable bonds is 1. The Bertz CT molecular complexity index is 342. The second kappa shape index (κ2) is 3.66. The molecule has 1 N–H and O–H groups in total. The highest BCUT2D eigenvalue weighted by Crippen LogP contribution is 2.28. The normalized spacial score (nSPS) is 9.17. The molecule has 0 saturated heterocycles. The van der Waals surface area contributed by atoms with Crippen LogP contribution in [0.2, 0.25) is 10.0 Å². The fourth-order valence-electron chi connectivity index (χ4n) is 0.916. The Morgan fingerprint density at radius 2 is 2.08 bits per heavy atom. The second-order valence-electron chi connectivity index (χ2n) is 2.17. The van der Waals surface area contributed by atoms with Crippen LogP contribution < -0.4 is 5.32 Å². The molecule has 0 amide bonds. The predicted molar refractivity (Wildman–Crippen MR) is 50.7 cm³/mol. The monoisotopic (exact) mass is 200 g/mol. The van der Waals surface area contributed by atoms with Crippen LogP contribution >= 0.6 is 23.2 Å². The molecule has 1 aromatic rings. The largest absolute Gasteiger partial charge is 0.386 e. The Kier molecular flexibility index (Phi) is 2.80. The molecule has 0 fully saturated rings. The molecular weight excluding hydrogens is 195 g/mol. The highest BCUT2D eigenvalue weighted by Gasteiger charge is 2.06. The first-order valence-electron chi connectivity index (χ1n) is 3.26. The number of hydrogen-bond donors (Lipinski definition) is 1. The van der Waals surface area contributed by atoms with Gasteiger partial charge in [0.2, 0.25) is 0 Å². The second-order valence-corrected chi connectivity index (χ2v) is 3.02. The van der Waals surface area contributed by atoms with E-state index in [9.17, 15) is 0 Å². The zero-order valence-corrected chi connectivity index (χ0v) is 7.87. The van der Waals surface area contributed by atoms with Gasteiger partial charge in [0.1, 0.15) is 6.07 Å². The van der Waals surface area contributed by atoms with E-state index in [-0.39, 0.29) is 0 Å². The minimum absolute atomic E-state index is 0.454.